The van der Waals surface area contributed by atoms with Crippen molar-refractivity contribution in [3.05, 3.63) is 35.9 Å². The molecule has 0 saturated carbocycles. The molecule has 0 atom stereocenters. The number of anilines is 2. The van der Waals surface area contributed by atoms with E-state index in [2.05, 4.69) is 25.2 Å². The number of rotatable bonds is 4. The lowest BCUT2D eigenvalue weighted by atomic mass is 10.1. The second kappa shape index (κ2) is 7.25. The van der Waals surface area contributed by atoms with Crippen LogP contribution in [0.25, 0.3) is 0 Å². The zero-order valence-electron chi connectivity index (χ0n) is 15.4. The third-order valence-electron chi connectivity index (χ3n) is 3.94. The Kier molecular flexibility index (Phi) is 5.03. The highest BCUT2D eigenvalue weighted by atomic mass is 16.5. The summed E-state index contributed by atoms with van der Waals surface area (Å²) in [5.41, 5.74) is 7.38. The van der Waals surface area contributed by atoms with Crippen LogP contribution in [0.1, 0.15) is 32.0 Å². The highest BCUT2D eigenvalue weighted by molar-refractivity contribution is 6.13. The highest BCUT2D eigenvalue weighted by Gasteiger charge is 2.18. The summed E-state index contributed by atoms with van der Waals surface area (Å²) in [5.74, 6) is 1.25. The van der Waals surface area contributed by atoms with Crippen LogP contribution in [0.15, 0.2) is 24.7 Å². The largest absolute Gasteiger partial charge is 0.472 e. The molecule has 2 aromatic heterocycles. The number of piperazine rings is 1. The van der Waals surface area contributed by atoms with Gasteiger partial charge < -0.3 is 20.7 Å². The SMILES string of the molecule is CC(C)(C)Oc1cc(C(=N)c2cc(N3CCNCC3)ncn2)c(N)cn1. The monoisotopic (exact) mass is 355 g/mol. The van der Waals surface area contributed by atoms with E-state index in [9.17, 15) is 0 Å². The quantitative estimate of drug-likeness (QED) is 0.712. The number of nitrogens with one attached hydrogen (secondary N) is 2. The van der Waals surface area contributed by atoms with Crippen LogP contribution in [-0.4, -0.2) is 52.4 Å². The molecule has 1 fully saturated rings. The van der Waals surface area contributed by atoms with Gasteiger partial charge in [0.05, 0.1) is 23.3 Å². The van der Waals surface area contributed by atoms with Gasteiger partial charge in [0.25, 0.3) is 0 Å². The summed E-state index contributed by atoms with van der Waals surface area (Å²) in [4.78, 5) is 15.0. The van der Waals surface area contributed by atoms with Crippen molar-refractivity contribution in [2.75, 3.05) is 36.8 Å². The maximum absolute atomic E-state index is 8.57. The second-order valence-corrected chi connectivity index (χ2v) is 7.20. The minimum atomic E-state index is -0.382. The fourth-order valence-corrected chi connectivity index (χ4v) is 2.72. The molecule has 1 aliphatic heterocycles. The average molecular weight is 355 g/mol. The Hall–Kier alpha value is -2.74. The molecule has 0 spiro atoms. The lowest BCUT2D eigenvalue weighted by molar-refractivity contribution is 0.124. The van der Waals surface area contributed by atoms with Crippen LogP contribution in [0.2, 0.25) is 0 Å². The van der Waals surface area contributed by atoms with Crippen molar-refractivity contribution in [1.82, 2.24) is 20.3 Å². The third kappa shape index (κ3) is 4.26. The number of nitrogens with two attached hydrogens (primary N) is 1. The maximum atomic E-state index is 8.57. The van der Waals surface area contributed by atoms with E-state index in [4.69, 9.17) is 15.9 Å². The number of hydrogen-bond acceptors (Lipinski definition) is 8. The van der Waals surface area contributed by atoms with Gasteiger partial charge >= 0.3 is 0 Å². The predicted octanol–water partition coefficient (Wildman–Crippen LogP) is 1.46. The van der Waals surface area contributed by atoms with Crippen molar-refractivity contribution in [3.8, 4) is 5.88 Å². The smallest absolute Gasteiger partial charge is 0.214 e. The van der Waals surface area contributed by atoms with E-state index in [0.717, 1.165) is 32.0 Å². The summed E-state index contributed by atoms with van der Waals surface area (Å²) in [7, 11) is 0. The Morgan fingerprint density at radius 2 is 1.92 bits per heavy atom. The summed E-state index contributed by atoms with van der Waals surface area (Å²) in [6, 6.07) is 3.52. The zero-order valence-corrected chi connectivity index (χ0v) is 15.4. The van der Waals surface area contributed by atoms with E-state index in [-0.39, 0.29) is 11.3 Å². The molecule has 0 amide bonds. The summed E-state index contributed by atoms with van der Waals surface area (Å²) in [6.07, 6.45) is 3.01. The minimum absolute atomic E-state index is 0.224. The van der Waals surface area contributed by atoms with Gasteiger partial charge in [0.15, 0.2) is 0 Å². The Morgan fingerprint density at radius 3 is 2.62 bits per heavy atom. The molecule has 3 rings (SSSR count). The van der Waals surface area contributed by atoms with Gasteiger partial charge in [-0.3, -0.25) is 5.41 Å². The maximum Gasteiger partial charge on any atom is 0.214 e. The first kappa shape index (κ1) is 18.1. The first-order chi connectivity index (χ1) is 12.3. The Balaban J connectivity index is 1.88. The predicted molar refractivity (Wildman–Crippen MR) is 102 cm³/mol. The van der Waals surface area contributed by atoms with Crippen molar-refractivity contribution in [2.45, 2.75) is 26.4 Å². The van der Waals surface area contributed by atoms with Crippen LogP contribution < -0.4 is 20.7 Å². The van der Waals surface area contributed by atoms with Crippen molar-refractivity contribution in [3.63, 3.8) is 0 Å². The summed E-state index contributed by atoms with van der Waals surface area (Å²) in [5, 5.41) is 11.9. The molecule has 1 aliphatic rings. The zero-order chi connectivity index (χ0) is 18.7. The molecule has 8 nitrogen and oxygen atoms in total. The minimum Gasteiger partial charge on any atom is -0.472 e. The normalized spacial score (nSPS) is 15.0. The van der Waals surface area contributed by atoms with Gasteiger partial charge in [-0.05, 0) is 20.8 Å². The number of pyridine rings is 1. The van der Waals surface area contributed by atoms with Crippen molar-refractivity contribution >= 4 is 17.2 Å². The van der Waals surface area contributed by atoms with Crippen molar-refractivity contribution in [2.24, 2.45) is 0 Å². The molecule has 0 unspecified atom stereocenters. The second-order valence-electron chi connectivity index (χ2n) is 7.20. The van der Waals surface area contributed by atoms with E-state index >= 15 is 0 Å². The van der Waals surface area contributed by atoms with Gasteiger partial charge in [-0.25, -0.2) is 15.0 Å². The molecule has 0 aliphatic carbocycles. The number of nitrogens with zero attached hydrogens (tertiary/aromatic N) is 4. The van der Waals surface area contributed by atoms with Gasteiger partial charge in [-0.15, -0.1) is 0 Å². The van der Waals surface area contributed by atoms with E-state index in [1.165, 1.54) is 12.5 Å². The molecule has 4 N–H and O–H groups in total. The number of hydrogen-bond donors (Lipinski definition) is 3. The standard InChI is InChI=1S/C18H25N7O/c1-18(2,3)26-16-8-12(13(19)10-22-16)17(20)14-9-15(24-11-23-14)25-6-4-21-5-7-25/h8-11,20-21H,4-7,19H2,1-3H3. The van der Waals surface area contributed by atoms with Crippen LogP contribution in [0, 0.1) is 5.41 Å². The van der Waals surface area contributed by atoms with Crippen LogP contribution in [0.5, 0.6) is 5.88 Å². The lowest BCUT2D eigenvalue weighted by Gasteiger charge is -2.28. The van der Waals surface area contributed by atoms with Crippen LogP contribution in [0.3, 0.4) is 0 Å². The summed E-state index contributed by atoms with van der Waals surface area (Å²) >= 11 is 0. The molecule has 138 valence electrons. The van der Waals surface area contributed by atoms with E-state index in [1.54, 1.807) is 6.07 Å². The van der Waals surface area contributed by atoms with Crippen LogP contribution in [-0.2, 0) is 0 Å². The molecule has 0 radical (unpaired) electrons. The molecular weight excluding hydrogens is 330 g/mol. The Morgan fingerprint density at radius 1 is 1.19 bits per heavy atom. The van der Waals surface area contributed by atoms with E-state index in [1.807, 2.05) is 26.8 Å². The number of nitrogen functional groups attached to an aromatic ring is 1. The first-order valence-corrected chi connectivity index (χ1v) is 8.65. The molecule has 3 heterocycles. The topological polar surface area (TPSA) is 113 Å². The van der Waals surface area contributed by atoms with Crippen molar-refractivity contribution < 1.29 is 4.74 Å². The van der Waals surface area contributed by atoms with Gasteiger partial charge in [-0.1, -0.05) is 0 Å². The average Bonchev–Trinajstić information content (AvgIpc) is 2.62. The fraction of sp³-hybridized carbons (Fsp3) is 0.444. The van der Waals surface area contributed by atoms with Gasteiger partial charge in [0.2, 0.25) is 5.88 Å². The third-order valence-corrected chi connectivity index (χ3v) is 3.94. The number of aromatic nitrogens is 3. The van der Waals surface area contributed by atoms with Gasteiger partial charge in [0, 0.05) is 43.9 Å². The summed E-state index contributed by atoms with van der Waals surface area (Å²) in [6.45, 7) is 9.43. The fourth-order valence-electron chi connectivity index (χ4n) is 2.72. The first-order valence-electron chi connectivity index (χ1n) is 8.65. The molecule has 1 saturated heterocycles. The molecule has 0 bridgehead atoms. The molecule has 8 heteroatoms. The van der Waals surface area contributed by atoms with Crippen LogP contribution >= 0.6 is 0 Å². The van der Waals surface area contributed by atoms with Crippen LogP contribution in [0.4, 0.5) is 11.5 Å². The molecule has 26 heavy (non-hydrogen) atoms. The van der Waals surface area contributed by atoms with E-state index in [0.29, 0.717) is 22.8 Å². The molecule has 2 aromatic rings. The highest BCUT2D eigenvalue weighted by Crippen LogP contribution is 2.23. The molecule has 0 aromatic carbocycles. The van der Waals surface area contributed by atoms with Gasteiger partial charge in [-0.2, -0.15) is 0 Å². The van der Waals surface area contributed by atoms with Gasteiger partial charge in [0.1, 0.15) is 17.7 Å². The Bertz CT molecular complexity index is 794. The Labute approximate surface area is 153 Å². The molecular formula is C18H25N7O. The van der Waals surface area contributed by atoms with E-state index < -0.39 is 0 Å². The van der Waals surface area contributed by atoms with Crippen molar-refractivity contribution in [1.29, 1.82) is 5.41 Å². The summed E-state index contributed by atoms with van der Waals surface area (Å²) < 4.78 is 5.79. The lowest BCUT2D eigenvalue weighted by Crippen LogP contribution is -2.44. The number of ether oxygens (including phenoxy) is 1.